The number of para-hydroxylation sites is 1. The lowest BCUT2D eigenvalue weighted by atomic mass is 10.2. The van der Waals surface area contributed by atoms with Crippen molar-refractivity contribution in [3.63, 3.8) is 0 Å². The van der Waals surface area contributed by atoms with Gasteiger partial charge in [0.15, 0.2) is 0 Å². The molecule has 0 aliphatic carbocycles. The number of fused-ring (bicyclic) bond motifs is 1. The average Bonchev–Trinajstić information content (AvgIpc) is 2.94. The predicted molar refractivity (Wildman–Crippen MR) is 91.3 cm³/mol. The van der Waals surface area contributed by atoms with E-state index >= 15 is 0 Å². The Morgan fingerprint density at radius 2 is 1.83 bits per heavy atom. The number of benzene rings is 2. The van der Waals surface area contributed by atoms with Crippen molar-refractivity contribution in [1.82, 2.24) is 4.57 Å². The van der Waals surface area contributed by atoms with E-state index in [0.717, 1.165) is 28.0 Å². The van der Waals surface area contributed by atoms with Gasteiger partial charge in [-0.15, -0.1) is 0 Å². The highest BCUT2D eigenvalue weighted by molar-refractivity contribution is 5.89. The monoisotopic (exact) mass is 311 g/mol. The molecule has 0 radical (unpaired) electrons. The fourth-order valence-corrected chi connectivity index (χ4v) is 2.74. The third kappa shape index (κ3) is 2.97. The van der Waals surface area contributed by atoms with E-state index in [2.05, 4.69) is 24.6 Å². The molecule has 1 heterocycles. The molecule has 0 saturated carbocycles. The summed E-state index contributed by atoms with van der Waals surface area (Å²) >= 11 is 0. The predicted octanol–water partition coefficient (Wildman–Crippen LogP) is 4.52. The molecule has 0 bridgehead atoms. The topological polar surface area (TPSA) is 43.6 Å². The van der Waals surface area contributed by atoms with Gasteiger partial charge in [0.1, 0.15) is 23.9 Å². The second-order valence-corrected chi connectivity index (χ2v) is 5.80. The second kappa shape index (κ2) is 6.24. The average molecular weight is 311 g/mol. The van der Waals surface area contributed by atoms with Crippen LogP contribution >= 0.6 is 0 Å². The maximum atomic E-state index is 10.2. The van der Waals surface area contributed by atoms with Crippen molar-refractivity contribution in [3.8, 4) is 17.2 Å². The molecule has 2 aromatic carbocycles. The van der Waals surface area contributed by atoms with Crippen molar-refractivity contribution in [2.24, 2.45) is 0 Å². The first kappa shape index (κ1) is 15.3. The molecule has 1 aromatic heterocycles. The summed E-state index contributed by atoms with van der Waals surface area (Å²) in [5.41, 5.74) is 1.90. The van der Waals surface area contributed by atoms with Crippen molar-refractivity contribution >= 4 is 10.9 Å². The summed E-state index contributed by atoms with van der Waals surface area (Å²) in [6, 6.07) is 13.4. The maximum Gasteiger partial charge on any atom is 0.139 e. The number of ether oxygens (including phenoxy) is 2. The quantitative estimate of drug-likeness (QED) is 0.753. The molecule has 4 nitrogen and oxygen atoms in total. The maximum absolute atomic E-state index is 10.2. The normalized spacial score (nSPS) is 11.1. The Kier molecular flexibility index (Phi) is 4.15. The van der Waals surface area contributed by atoms with Crippen molar-refractivity contribution in [2.75, 3.05) is 7.11 Å². The van der Waals surface area contributed by atoms with Crippen LogP contribution in [0.5, 0.6) is 17.2 Å². The van der Waals surface area contributed by atoms with Gasteiger partial charge in [0.2, 0.25) is 0 Å². The smallest absolute Gasteiger partial charge is 0.139 e. The molecule has 120 valence electrons. The third-order valence-electron chi connectivity index (χ3n) is 3.91. The first-order valence-corrected chi connectivity index (χ1v) is 7.68. The standard InChI is InChI=1S/C19H21NO3/c1-13(2)20-11-14(17-8-5-9-18(21)19(17)20)12-23-16-7-4-6-15(10-16)22-3/h4-11,13,21H,12H2,1-3H3. The van der Waals surface area contributed by atoms with Crippen molar-refractivity contribution in [3.05, 3.63) is 54.2 Å². The van der Waals surface area contributed by atoms with Crippen LogP contribution < -0.4 is 9.47 Å². The van der Waals surface area contributed by atoms with Crippen LogP contribution in [-0.4, -0.2) is 16.8 Å². The van der Waals surface area contributed by atoms with Gasteiger partial charge in [-0.05, 0) is 32.0 Å². The molecule has 3 rings (SSSR count). The summed E-state index contributed by atoms with van der Waals surface area (Å²) in [6.07, 6.45) is 2.05. The Morgan fingerprint density at radius 1 is 1.09 bits per heavy atom. The van der Waals surface area contributed by atoms with E-state index in [1.54, 1.807) is 13.2 Å². The number of rotatable bonds is 5. The first-order valence-electron chi connectivity index (χ1n) is 7.68. The molecule has 23 heavy (non-hydrogen) atoms. The molecule has 0 fully saturated rings. The summed E-state index contributed by atoms with van der Waals surface area (Å²) in [5.74, 6) is 1.82. The Bertz CT molecular complexity index is 821. The van der Waals surface area contributed by atoms with Crippen LogP contribution in [0, 0.1) is 0 Å². The van der Waals surface area contributed by atoms with E-state index in [4.69, 9.17) is 9.47 Å². The summed E-state index contributed by atoms with van der Waals surface area (Å²) < 4.78 is 13.2. The Morgan fingerprint density at radius 3 is 2.57 bits per heavy atom. The van der Waals surface area contributed by atoms with Crippen molar-refractivity contribution in [1.29, 1.82) is 0 Å². The minimum atomic E-state index is 0.261. The van der Waals surface area contributed by atoms with Crippen LogP contribution in [0.1, 0.15) is 25.5 Å². The number of phenols is 1. The van der Waals surface area contributed by atoms with Crippen LogP contribution in [0.4, 0.5) is 0 Å². The molecule has 1 N–H and O–H groups in total. The SMILES string of the molecule is COc1cccc(OCc2cn(C(C)C)c3c(O)cccc23)c1. The van der Waals surface area contributed by atoms with Crippen LogP contribution in [0.25, 0.3) is 10.9 Å². The molecule has 0 amide bonds. The summed E-state index contributed by atoms with van der Waals surface area (Å²) in [5, 5.41) is 11.2. The Labute approximate surface area is 135 Å². The molecule has 0 aliphatic heterocycles. The second-order valence-electron chi connectivity index (χ2n) is 5.80. The first-order chi connectivity index (χ1) is 11.1. The van der Waals surface area contributed by atoms with E-state index in [9.17, 15) is 5.11 Å². The van der Waals surface area contributed by atoms with Gasteiger partial charge in [0, 0.05) is 29.3 Å². The van der Waals surface area contributed by atoms with Gasteiger partial charge in [0.05, 0.1) is 12.6 Å². The number of hydrogen-bond acceptors (Lipinski definition) is 3. The molecule has 0 saturated heterocycles. The number of aromatic hydroxyl groups is 1. The van der Waals surface area contributed by atoms with E-state index < -0.39 is 0 Å². The minimum Gasteiger partial charge on any atom is -0.506 e. The molecule has 0 aliphatic rings. The van der Waals surface area contributed by atoms with Gasteiger partial charge < -0.3 is 19.1 Å². The highest BCUT2D eigenvalue weighted by Gasteiger charge is 2.14. The van der Waals surface area contributed by atoms with Gasteiger partial charge in [0.25, 0.3) is 0 Å². The van der Waals surface area contributed by atoms with Gasteiger partial charge in [-0.25, -0.2) is 0 Å². The minimum absolute atomic E-state index is 0.261. The molecular weight excluding hydrogens is 290 g/mol. The van der Waals surface area contributed by atoms with Crippen LogP contribution in [-0.2, 0) is 6.61 Å². The molecule has 0 unspecified atom stereocenters. The zero-order valence-electron chi connectivity index (χ0n) is 13.6. The fraction of sp³-hybridized carbons (Fsp3) is 0.263. The van der Waals surface area contributed by atoms with E-state index in [-0.39, 0.29) is 6.04 Å². The van der Waals surface area contributed by atoms with Gasteiger partial charge in [-0.3, -0.25) is 0 Å². The molecular formula is C19H21NO3. The van der Waals surface area contributed by atoms with Crippen LogP contribution in [0.3, 0.4) is 0 Å². The summed E-state index contributed by atoms with van der Waals surface area (Å²) in [7, 11) is 1.64. The van der Waals surface area contributed by atoms with Gasteiger partial charge in [-0.1, -0.05) is 18.2 Å². The molecule has 4 heteroatoms. The van der Waals surface area contributed by atoms with Crippen LogP contribution in [0.15, 0.2) is 48.7 Å². The van der Waals surface area contributed by atoms with Gasteiger partial charge >= 0.3 is 0 Å². The fourth-order valence-electron chi connectivity index (χ4n) is 2.74. The largest absolute Gasteiger partial charge is 0.506 e. The third-order valence-corrected chi connectivity index (χ3v) is 3.91. The molecule has 3 aromatic rings. The Balaban J connectivity index is 1.92. The molecule has 0 spiro atoms. The highest BCUT2D eigenvalue weighted by atomic mass is 16.5. The lowest BCUT2D eigenvalue weighted by Crippen LogP contribution is -1.99. The number of aromatic nitrogens is 1. The zero-order valence-corrected chi connectivity index (χ0v) is 13.6. The molecule has 0 atom stereocenters. The van der Waals surface area contributed by atoms with Crippen LogP contribution in [0.2, 0.25) is 0 Å². The number of hydrogen-bond donors (Lipinski definition) is 1. The van der Waals surface area contributed by atoms with Gasteiger partial charge in [-0.2, -0.15) is 0 Å². The highest BCUT2D eigenvalue weighted by Crippen LogP contribution is 2.32. The van der Waals surface area contributed by atoms with E-state index in [1.807, 2.05) is 36.4 Å². The van der Waals surface area contributed by atoms with E-state index in [1.165, 1.54) is 0 Å². The lowest BCUT2D eigenvalue weighted by Gasteiger charge is -2.09. The summed E-state index contributed by atoms with van der Waals surface area (Å²) in [6.45, 7) is 4.63. The lowest BCUT2D eigenvalue weighted by molar-refractivity contribution is 0.304. The number of nitrogens with zero attached hydrogens (tertiary/aromatic N) is 1. The summed E-state index contributed by atoms with van der Waals surface area (Å²) in [4.78, 5) is 0. The Hall–Kier alpha value is -2.62. The van der Waals surface area contributed by atoms with Crippen molar-refractivity contribution < 1.29 is 14.6 Å². The zero-order chi connectivity index (χ0) is 16.4. The number of methoxy groups -OCH3 is 1. The van der Waals surface area contributed by atoms with Crippen molar-refractivity contribution in [2.45, 2.75) is 26.5 Å². The van der Waals surface area contributed by atoms with E-state index in [0.29, 0.717) is 12.4 Å². The number of phenolic OH excluding ortho intramolecular Hbond substituents is 1.